The zero-order valence-corrected chi connectivity index (χ0v) is 28.0. The van der Waals surface area contributed by atoms with Crippen molar-refractivity contribution >= 4 is 35.1 Å². The third kappa shape index (κ3) is 5.73. The highest BCUT2D eigenvalue weighted by molar-refractivity contribution is 6.04. The fraction of sp³-hybridized carbons (Fsp3) is 0.571. The number of nitrogens with zero attached hydrogens (tertiary/aromatic N) is 6. The van der Waals surface area contributed by atoms with Gasteiger partial charge in [0.05, 0.1) is 23.8 Å². The Labute approximate surface area is 287 Å². The van der Waals surface area contributed by atoms with Gasteiger partial charge in [-0.1, -0.05) is 13.0 Å². The maximum Gasteiger partial charge on any atom is 0.276 e. The standard InChI is InChI=1S/C35H41F2N9O4/c1-34-16-26-25(15-27(34)35(34,36)37)31(43-42-26)33(50)40-22-18-39-46(19-22)23-8-12-45(13-9-23)30(48)14-20-6-10-44(11-7-20)28-4-2-21(17-38-28)24-3-5-29(47)41-32(24)49/h2,4,17-20,23-24,27H,3,5-16H2,1H3,(H,40,50)(H,42,43)(H,41,47,49)/t24-,27+,34-/m1/s1. The number of anilines is 2. The summed E-state index contributed by atoms with van der Waals surface area (Å²) in [6, 6.07) is 3.95. The summed E-state index contributed by atoms with van der Waals surface area (Å²) in [4.78, 5) is 58.7. The number of carbonyl (C=O) groups is 4. The van der Waals surface area contributed by atoms with Gasteiger partial charge in [-0.05, 0) is 56.1 Å². The third-order valence-corrected chi connectivity index (χ3v) is 11.9. The van der Waals surface area contributed by atoms with Gasteiger partial charge in [-0.15, -0.1) is 0 Å². The van der Waals surface area contributed by atoms with E-state index in [-0.39, 0.29) is 48.2 Å². The number of aromatic amines is 1. The molecule has 3 saturated heterocycles. The van der Waals surface area contributed by atoms with Gasteiger partial charge < -0.3 is 15.1 Å². The normalized spacial score (nSPS) is 26.6. The first-order chi connectivity index (χ1) is 24.0. The molecule has 3 N–H and O–H groups in total. The van der Waals surface area contributed by atoms with Crippen molar-refractivity contribution in [1.29, 1.82) is 0 Å². The zero-order valence-electron chi connectivity index (χ0n) is 28.0. The minimum atomic E-state index is -2.73. The van der Waals surface area contributed by atoms with Crippen LogP contribution in [0.25, 0.3) is 0 Å². The van der Waals surface area contributed by atoms with E-state index in [4.69, 9.17) is 0 Å². The largest absolute Gasteiger partial charge is 0.357 e. The number of piperidine rings is 3. The first kappa shape index (κ1) is 32.5. The Morgan fingerprint density at radius 1 is 1.04 bits per heavy atom. The summed E-state index contributed by atoms with van der Waals surface area (Å²) in [5.74, 6) is -3.44. The van der Waals surface area contributed by atoms with E-state index in [1.807, 2.05) is 21.7 Å². The fourth-order valence-corrected chi connectivity index (χ4v) is 8.51. The molecule has 0 radical (unpaired) electrons. The summed E-state index contributed by atoms with van der Waals surface area (Å²) >= 11 is 0. The van der Waals surface area contributed by atoms with E-state index in [0.29, 0.717) is 55.2 Å². The van der Waals surface area contributed by atoms with Crippen LogP contribution in [-0.2, 0) is 27.2 Å². The maximum atomic E-state index is 14.3. The molecule has 0 bridgehead atoms. The Hall–Kier alpha value is -4.69. The zero-order chi connectivity index (χ0) is 34.8. The summed E-state index contributed by atoms with van der Waals surface area (Å²) < 4.78 is 30.4. The molecule has 6 heterocycles. The van der Waals surface area contributed by atoms with Crippen molar-refractivity contribution in [3.05, 3.63) is 53.2 Å². The van der Waals surface area contributed by atoms with Crippen LogP contribution in [0.5, 0.6) is 0 Å². The summed E-state index contributed by atoms with van der Waals surface area (Å²) in [5, 5.41) is 16.7. The van der Waals surface area contributed by atoms with Gasteiger partial charge >= 0.3 is 0 Å². The van der Waals surface area contributed by atoms with Crippen LogP contribution in [-0.4, -0.2) is 85.6 Å². The van der Waals surface area contributed by atoms with Crippen LogP contribution >= 0.6 is 0 Å². The quantitative estimate of drug-likeness (QED) is 0.318. The number of pyridine rings is 1. The van der Waals surface area contributed by atoms with Crippen LogP contribution in [0.15, 0.2) is 30.7 Å². The minimum Gasteiger partial charge on any atom is -0.357 e. The molecule has 13 nitrogen and oxygen atoms in total. The van der Waals surface area contributed by atoms with Crippen LogP contribution < -0.4 is 15.5 Å². The Morgan fingerprint density at radius 2 is 1.82 bits per heavy atom. The van der Waals surface area contributed by atoms with E-state index in [1.165, 1.54) is 0 Å². The second kappa shape index (κ2) is 12.3. The van der Waals surface area contributed by atoms with Gasteiger partial charge in [0.15, 0.2) is 5.69 Å². The molecule has 2 aliphatic carbocycles. The Morgan fingerprint density at radius 3 is 2.54 bits per heavy atom. The summed E-state index contributed by atoms with van der Waals surface area (Å²) in [5.41, 5.74) is 1.61. The van der Waals surface area contributed by atoms with Crippen molar-refractivity contribution in [2.24, 2.45) is 17.3 Å². The van der Waals surface area contributed by atoms with Gasteiger partial charge in [0.2, 0.25) is 17.7 Å². The molecule has 1 saturated carbocycles. The van der Waals surface area contributed by atoms with Crippen molar-refractivity contribution in [2.45, 2.75) is 82.6 Å². The highest BCUT2D eigenvalue weighted by atomic mass is 19.3. The van der Waals surface area contributed by atoms with Crippen LogP contribution in [0, 0.1) is 17.3 Å². The van der Waals surface area contributed by atoms with Crippen LogP contribution in [0.3, 0.4) is 0 Å². The number of hydrogen-bond donors (Lipinski definition) is 3. The topological polar surface area (TPSA) is 158 Å². The number of rotatable bonds is 7. The predicted molar refractivity (Wildman–Crippen MR) is 176 cm³/mol. The lowest BCUT2D eigenvalue weighted by Gasteiger charge is -2.35. The number of likely N-dealkylation sites (tertiary alicyclic amines) is 1. The Bertz CT molecular complexity index is 1820. The molecule has 264 valence electrons. The molecule has 3 aliphatic heterocycles. The number of fused-ring (bicyclic) bond motifs is 2. The number of H-pyrrole nitrogens is 1. The number of amides is 4. The van der Waals surface area contributed by atoms with Gasteiger partial charge in [0, 0.05) is 80.4 Å². The molecule has 0 aromatic carbocycles. The van der Waals surface area contributed by atoms with Gasteiger partial charge in [-0.3, -0.25) is 34.3 Å². The average molecular weight is 690 g/mol. The SMILES string of the molecule is C[C@@]12Cc3[nH]nc(C(=O)Nc4cnn(C5CCN(C(=O)CC6CCN(c7ccc([C@H]8CCC(=O)NC8=O)cn7)CC6)CC5)c4)c3C[C@@H]1C2(F)F. The first-order valence-electron chi connectivity index (χ1n) is 17.6. The number of alkyl halides is 2. The number of halogens is 2. The van der Waals surface area contributed by atoms with Gasteiger partial charge in [0.25, 0.3) is 11.8 Å². The Kier molecular flexibility index (Phi) is 7.98. The van der Waals surface area contributed by atoms with Crippen molar-refractivity contribution in [3.63, 3.8) is 0 Å². The molecule has 3 aromatic heterocycles. The van der Waals surface area contributed by atoms with E-state index in [9.17, 15) is 28.0 Å². The third-order valence-electron chi connectivity index (χ3n) is 11.9. The highest BCUT2D eigenvalue weighted by Crippen LogP contribution is 2.70. The molecular weight excluding hydrogens is 648 g/mol. The molecule has 3 aromatic rings. The average Bonchev–Trinajstić information content (AvgIpc) is 3.53. The Balaban J connectivity index is 0.780. The lowest BCUT2D eigenvalue weighted by atomic mass is 9.87. The minimum absolute atomic E-state index is 0.0923. The van der Waals surface area contributed by atoms with Gasteiger partial charge in [0.1, 0.15) is 5.82 Å². The van der Waals surface area contributed by atoms with Crippen LogP contribution in [0.1, 0.15) is 91.1 Å². The highest BCUT2D eigenvalue weighted by Gasteiger charge is 2.78. The maximum absolute atomic E-state index is 14.3. The number of carbonyl (C=O) groups excluding carboxylic acids is 4. The molecule has 3 atom stereocenters. The van der Waals surface area contributed by atoms with E-state index >= 15 is 0 Å². The van der Waals surface area contributed by atoms with Gasteiger partial charge in [-0.25, -0.2) is 13.8 Å². The van der Waals surface area contributed by atoms with E-state index < -0.39 is 23.2 Å². The molecule has 15 heteroatoms. The second-order valence-electron chi connectivity index (χ2n) is 14.9. The number of aromatic nitrogens is 5. The molecule has 8 rings (SSSR count). The summed E-state index contributed by atoms with van der Waals surface area (Å²) in [6.45, 7) is 4.48. The van der Waals surface area contributed by atoms with E-state index in [1.54, 1.807) is 25.5 Å². The van der Waals surface area contributed by atoms with Crippen molar-refractivity contribution < 1.29 is 28.0 Å². The lowest BCUT2D eigenvalue weighted by molar-refractivity contribution is -0.135. The molecule has 0 unspecified atom stereocenters. The molecule has 4 fully saturated rings. The van der Waals surface area contributed by atoms with Crippen molar-refractivity contribution in [3.8, 4) is 0 Å². The van der Waals surface area contributed by atoms with Gasteiger partial charge in [-0.2, -0.15) is 10.2 Å². The van der Waals surface area contributed by atoms with Crippen LogP contribution in [0.2, 0.25) is 0 Å². The first-order valence-corrected chi connectivity index (χ1v) is 17.6. The number of hydrogen-bond acceptors (Lipinski definition) is 8. The number of nitrogens with one attached hydrogen (secondary N) is 3. The molecule has 4 amide bonds. The van der Waals surface area contributed by atoms with Crippen molar-refractivity contribution in [2.75, 3.05) is 36.4 Å². The molecule has 5 aliphatic rings. The van der Waals surface area contributed by atoms with E-state index in [0.717, 1.165) is 50.2 Å². The summed E-state index contributed by atoms with van der Waals surface area (Å²) in [7, 11) is 0. The second-order valence-corrected chi connectivity index (χ2v) is 14.9. The lowest BCUT2D eigenvalue weighted by Crippen LogP contribution is -2.41. The van der Waals surface area contributed by atoms with Crippen LogP contribution in [0.4, 0.5) is 20.3 Å². The van der Waals surface area contributed by atoms with E-state index in [2.05, 4.69) is 35.8 Å². The smallest absolute Gasteiger partial charge is 0.276 e. The van der Waals surface area contributed by atoms with Crippen molar-refractivity contribution in [1.82, 2.24) is 35.2 Å². The number of imide groups is 1. The predicted octanol–water partition coefficient (Wildman–Crippen LogP) is 3.61. The monoisotopic (exact) mass is 689 g/mol. The fourth-order valence-electron chi connectivity index (χ4n) is 8.51. The molecule has 50 heavy (non-hydrogen) atoms. The molecular formula is C35H41F2N9O4. The molecule has 0 spiro atoms. The summed E-state index contributed by atoms with van der Waals surface area (Å²) in [6.07, 6.45) is 10.1.